The minimum atomic E-state index is 0.364. The van der Waals surface area contributed by atoms with Crippen molar-refractivity contribution >= 4 is 12.6 Å². The van der Waals surface area contributed by atoms with E-state index in [4.69, 9.17) is 0 Å². The molecule has 0 fully saturated rings. The van der Waals surface area contributed by atoms with E-state index in [9.17, 15) is 0 Å². The van der Waals surface area contributed by atoms with Crippen molar-refractivity contribution in [3.05, 3.63) is 0 Å². The van der Waals surface area contributed by atoms with E-state index < -0.39 is 0 Å². The molecule has 0 bridgehead atoms. The zero-order chi connectivity index (χ0) is 12.1. The van der Waals surface area contributed by atoms with Crippen molar-refractivity contribution < 1.29 is 0 Å². The van der Waals surface area contributed by atoms with Gasteiger partial charge < -0.3 is 4.90 Å². The molecule has 1 nitrogen and oxygen atoms in total. The van der Waals surface area contributed by atoms with Crippen molar-refractivity contribution in [2.75, 3.05) is 18.8 Å². The summed E-state index contributed by atoms with van der Waals surface area (Å²) in [6.45, 7) is 16.1. The molecule has 0 aliphatic rings. The number of nitrogens with zero attached hydrogens (tertiary/aromatic N) is 1. The van der Waals surface area contributed by atoms with Crippen LogP contribution in [0.15, 0.2) is 0 Å². The van der Waals surface area contributed by atoms with Crippen LogP contribution in [0.5, 0.6) is 0 Å². The third-order valence-corrected chi connectivity index (χ3v) is 3.96. The molecule has 0 aromatic carbocycles. The van der Waals surface area contributed by atoms with Crippen LogP contribution >= 0.6 is 12.6 Å². The van der Waals surface area contributed by atoms with Gasteiger partial charge in [-0.25, -0.2) is 0 Å². The Morgan fingerprint density at radius 3 is 2.00 bits per heavy atom. The summed E-state index contributed by atoms with van der Waals surface area (Å²) in [6.07, 6.45) is 1.23. The summed E-state index contributed by atoms with van der Waals surface area (Å²) < 4.78 is 0. The zero-order valence-electron chi connectivity index (χ0n) is 11.4. The van der Waals surface area contributed by atoms with Crippen LogP contribution < -0.4 is 0 Å². The van der Waals surface area contributed by atoms with Gasteiger partial charge in [0, 0.05) is 12.6 Å². The van der Waals surface area contributed by atoms with Crippen molar-refractivity contribution in [1.82, 2.24) is 4.90 Å². The van der Waals surface area contributed by atoms with Crippen LogP contribution in [-0.2, 0) is 0 Å². The standard InChI is InChI=1S/C13H29NS/c1-7-11(3)14(8-2)9-12(10-15)13(4,5)6/h11-12,15H,7-10H2,1-6H3. The first-order valence-corrected chi connectivity index (χ1v) is 6.84. The minimum Gasteiger partial charge on any atom is -0.301 e. The first-order chi connectivity index (χ1) is 6.86. The van der Waals surface area contributed by atoms with Gasteiger partial charge in [-0.1, -0.05) is 34.6 Å². The lowest BCUT2D eigenvalue weighted by Gasteiger charge is -2.36. The Morgan fingerprint density at radius 1 is 1.20 bits per heavy atom. The predicted molar refractivity (Wildman–Crippen MR) is 73.8 cm³/mol. The van der Waals surface area contributed by atoms with Gasteiger partial charge in [0.2, 0.25) is 0 Å². The van der Waals surface area contributed by atoms with Crippen LogP contribution in [0.2, 0.25) is 0 Å². The fourth-order valence-electron chi connectivity index (χ4n) is 1.77. The summed E-state index contributed by atoms with van der Waals surface area (Å²) in [5, 5.41) is 0. The Labute approximate surface area is 102 Å². The lowest BCUT2D eigenvalue weighted by Crippen LogP contribution is -2.41. The van der Waals surface area contributed by atoms with Crippen LogP contribution in [0.25, 0.3) is 0 Å². The van der Waals surface area contributed by atoms with Crippen LogP contribution in [0.4, 0.5) is 0 Å². The average molecular weight is 231 g/mol. The van der Waals surface area contributed by atoms with E-state index in [-0.39, 0.29) is 0 Å². The van der Waals surface area contributed by atoms with E-state index in [0.717, 1.165) is 12.3 Å². The van der Waals surface area contributed by atoms with E-state index >= 15 is 0 Å². The van der Waals surface area contributed by atoms with E-state index in [1.54, 1.807) is 0 Å². The van der Waals surface area contributed by atoms with Gasteiger partial charge in [0.25, 0.3) is 0 Å². The van der Waals surface area contributed by atoms with Gasteiger partial charge in [0.05, 0.1) is 0 Å². The number of hydrogen-bond acceptors (Lipinski definition) is 2. The maximum atomic E-state index is 4.49. The number of thiol groups is 1. The Hall–Kier alpha value is 0.310. The van der Waals surface area contributed by atoms with Gasteiger partial charge in [-0.15, -0.1) is 0 Å². The average Bonchev–Trinajstić information content (AvgIpc) is 2.16. The van der Waals surface area contributed by atoms with E-state index in [1.807, 2.05) is 0 Å². The van der Waals surface area contributed by atoms with Crippen molar-refractivity contribution in [3.63, 3.8) is 0 Å². The maximum Gasteiger partial charge on any atom is 0.00643 e. The quantitative estimate of drug-likeness (QED) is 0.682. The molecule has 0 rings (SSSR count). The monoisotopic (exact) mass is 231 g/mol. The maximum absolute atomic E-state index is 4.49. The summed E-state index contributed by atoms with van der Waals surface area (Å²) in [5.74, 6) is 1.66. The molecule has 0 N–H and O–H groups in total. The molecular formula is C13H29NS. The molecule has 0 heterocycles. The highest BCUT2D eigenvalue weighted by atomic mass is 32.1. The Morgan fingerprint density at radius 2 is 1.73 bits per heavy atom. The fraction of sp³-hybridized carbons (Fsp3) is 1.00. The molecule has 0 aromatic heterocycles. The molecule has 92 valence electrons. The Kier molecular flexibility index (Phi) is 6.94. The first-order valence-electron chi connectivity index (χ1n) is 6.21. The second-order valence-electron chi connectivity index (χ2n) is 5.59. The molecule has 0 aliphatic carbocycles. The highest BCUT2D eigenvalue weighted by Gasteiger charge is 2.26. The number of rotatable bonds is 6. The molecule has 0 aromatic rings. The molecule has 0 amide bonds. The number of hydrogen-bond donors (Lipinski definition) is 1. The SMILES string of the molecule is CCC(C)N(CC)CC(CS)C(C)(C)C. The summed E-state index contributed by atoms with van der Waals surface area (Å²) in [4.78, 5) is 2.58. The van der Waals surface area contributed by atoms with Crippen molar-refractivity contribution in [2.45, 2.75) is 54.0 Å². The predicted octanol–water partition coefficient (Wildman–Crippen LogP) is 3.70. The fourth-order valence-corrected chi connectivity index (χ4v) is 2.43. The molecule has 0 aliphatic heterocycles. The lowest BCUT2D eigenvalue weighted by atomic mass is 9.81. The van der Waals surface area contributed by atoms with Gasteiger partial charge in [0.15, 0.2) is 0 Å². The summed E-state index contributed by atoms with van der Waals surface area (Å²) in [6, 6.07) is 0.694. The molecule has 0 radical (unpaired) electrons. The molecule has 0 saturated heterocycles. The second-order valence-corrected chi connectivity index (χ2v) is 5.96. The largest absolute Gasteiger partial charge is 0.301 e. The Balaban J connectivity index is 4.37. The molecule has 0 spiro atoms. The third-order valence-electron chi connectivity index (χ3n) is 3.52. The highest BCUT2D eigenvalue weighted by Crippen LogP contribution is 2.28. The molecule has 0 saturated carbocycles. The summed E-state index contributed by atoms with van der Waals surface area (Å²) in [5.41, 5.74) is 0.364. The molecular weight excluding hydrogens is 202 g/mol. The minimum absolute atomic E-state index is 0.364. The van der Waals surface area contributed by atoms with E-state index in [1.165, 1.54) is 13.0 Å². The van der Waals surface area contributed by atoms with Gasteiger partial charge in [-0.3, -0.25) is 0 Å². The van der Waals surface area contributed by atoms with Crippen LogP contribution in [0, 0.1) is 11.3 Å². The normalized spacial score (nSPS) is 16.8. The molecule has 2 atom stereocenters. The zero-order valence-corrected chi connectivity index (χ0v) is 12.3. The van der Waals surface area contributed by atoms with Crippen LogP contribution in [0.1, 0.15) is 48.0 Å². The molecule has 2 unspecified atom stereocenters. The summed E-state index contributed by atoms with van der Waals surface area (Å²) in [7, 11) is 0. The second kappa shape index (κ2) is 6.80. The first kappa shape index (κ1) is 15.3. The van der Waals surface area contributed by atoms with Gasteiger partial charge >= 0.3 is 0 Å². The van der Waals surface area contributed by atoms with Gasteiger partial charge in [-0.2, -0.15) is 12.6 Å². The molecule has 2 heteroatoms. The van der Waals surface area contributed by atoms with E-state index in [2.05, 4.69) is 59.1 Å². The Bertz CT molecular complexity index is 162. The van der Waals surface area contributed by atoms with Crippen LogP contribution in [-0.4, -0.2) is 29.8 Å². The third kappa shape index (κ3) is 5.26. The topological polar surface area (TPSA) is 3.24 Å². The highest BCUT2D eigenvalue weighted by molar-refractivity contribution is 7.80. The molecule has 15 heavy (non-hydrogen) atoms. The van der Waals surface area contributed by atoms with Crippen molar-refractivity contribution in [2.24, 2.45) is 11.3 Å². The van der Waals surface area contributed by atoms with Gasteiger partial charge in [-0.05, 0) is 37.0 Å². The lowest BCUT2D eigenvalue weighted by molar-refractivity contribution is 0.135. The smallest absolute Gasteiger partial charge is 0.00643 e. The van der Waals surface area contributed by atoms with Crippen molar-refractivity contribution in [3.8, 4) is 0 Å². The van der Waals surface area contributed by atoms with Gasteiger partial charge in [0.1, 0.15) is 0 Å². The van der Waals surface area contributed by atoms with Crippen molar-refractivity contribution in [1.29, 1.82) is 0 Å². The van der Waals surface area contributed by atoms with E-state index in [0.29, 0.717) is 17.4 Å². The van der Waals surface area contributed by atoms with Crippen LogP contribution in [0.3, 0.4) is 0 Å². The summed E-state index contributed by atoms with van der Waals surface area (Å²) >= 11 is 4.49.